The Labute approximate surface area is 169 Å². The first-order valence-electron chi connectivity index (χ1n) is 8.10. The van der Waals surface area contributed by atoms with Gasteiger partial charge in [0.2, 0.25) is 0 Å². The number of aromatic amines is 1. The predicted molar refractivity (Wildman–Crippen MR) is 109 cm³/mol. The number of hydrogen-bond donors (Lipinski definition) is 1. The molecule has 0 unspecified atom stereocenters. The van der Waals surface area contributed by atoms with E-state index in [0.29, 0.717) is 38.0 Å². The molecule has 0 aliphatic carbocycles. The molecule has 0 saturated carbocycles. The topological polar surface area (TPSA) is 73.9 Å². The zero-order valence-electron chi connectivity index (χ0n) is 14.2. The number of nitriles is 1. The molecule has 0 aliphatic heterocycles. The molecule has 134 valence electrons. The normalized spacial score (nSPS) is 10.6. The first kappa shape index (κ1) is 17.9. The number of H-pyrrole nitrogens is 1. The minimum atomic E-state index is -0.366. The van der Waals surface area contributed by atoms with Gasteiger partial charge in [-0.3, -0.25) is 4.79 Å². The molecule has 0 fully saturated rings. The maximum atomic E-state index is 13.0. The molecular formula is C21H10Cl2N4O. The Morgan fingerprint density at radius 2 is 1.86 bits per heavy atom. The molecule has 0 amide bonds. The highest BCUT2D eigenvalue weighted by molar-refractivity contribution is 6.36. The van der Waals surface area contributed by atoms with Gasteiger partial charge in [0.05, 0.1) is 10.6 Å². The van der Waals surface area contributed by atoms with Gasteiger partial charge in [-0.05, 0) is 35.9 Å². The molecule has 2 aromatic heterocycles. The number of hydrogen-bond acceptors (Lipinski definition) is 3. The van der Waals surface area contributed by atoms with Gasteiger partial charge in [-0.1, -0.05) is 41.3 Å². The summed E-state index contributed by atoms with van der Waals surface area (Å²) >= 11 is 12.2. The van der Waals surface area contributed by atoms with Crippen LogP contribution < -0.4 is 5.56 Å². The minimum absolute atomic E-state index is 0.218. The fourth-order valence-corrected chi connectivity index (χ4v) is 3.44. The standard InChI is InChI=1S/C21H10Cl2N4O/c1-2-12-3-5-13(6-4-12)17-11-25-20-16(10-24)19(26-27(20)21(17)28)15-8-7-14(22)9-18(15)23/h1,3-9,11,25H. The van der Waals surface area contributed by atoms with E-state index in [1.54, 1.807) is 48.7 Å². The van der Waals surface area contributed by atoms with Crippen molar-refractivity contribution in [2.75, 3.05) is 0 Å². The number of benzene rings is 2. The van der Waals surface area contributed by atoms with E-state index in [4.69, 9.17) is 29.6 Å². The third kappa shape index (κ3) is 2.84. The van der Waals surface area contributed by atoms with Crippen molar-refractivity contribution >= 4 is 28.8 Å². The Morgan fingerprint density at radius 3 is 2.50 bits per heavy atom. The van der Waals surface area contributed by atoms with Crippen LogP contribution in [0.15, 0.2) is 53.5 Å². The van der Waals surface area contributed by atoms with Gasteiger partial charge in [-0.15, -0.1) is 6.42 Å². The van der Waals surface area contributed by atoms with E-state index in [9.17, 15) is 10.1 Å². The van der Waals surface area contributed by atoms with Crippen molar-refractivity contribution in [3.05, 3.63) is 80.2 Å². The number of aromatic nitrogens is 3. The molecule has 0 atom stereocenters. The summed E-state index contributed by atoms with van der Waals surface area (Å²) in [7, 11) is 0. The molecule has 0 aliphatic rings. The largest absolute Gasteiger partial charge is 0.345 e. The lowest BCUT2D eigenvalue weighted by Crippen LogP contribution is -2.17. The molecule has 0 bridgehead atoms. The molecule has 1 N–H and O–H groups in total. The average molecular weight is 405 g/mol. The molecule has 2 aromatic carbocycles. The fourth-order valence-electron chi connectivity index (χ4n) is 2.94. The van der Waals surface area contributed by atoms with Crippen molar-refractivity contribution < 1.29 is 0 Å². The van der Waals surface area contributed by atoms with Gasteiger partial charge in [-0.25, -0.2) is 0 Å². The van der Waals surface area contributed by atoms with E-state index >= 15 is 0 Å². The Balaban J connectivity index is 1.96. The van der Waals surface area contributed by atoms with Crippen LogP contribution in [0.25, 0.3) is 28.0 Å². The highest BCUT2D eigenvalue weighted by atomic mass is 35.5. The average Bonchev–Trinajstić information content (AvgIpc) is 3.07. The number of fused-ring (bicyclic) bond motifs is 1. The van der Waals surface area contributed by atoms with E-state index in [1.165, 1.54) is 4.52 Å². The highest BCUT2D eigenvalue weighted by Crippen LogP contribution is 2.32. The summed E-state index contributed by atoms with van der Waals surface area (Å²) in [6, 6.07) is 14.0. The molecule has 0 radical (unpaired) electrons. The van der Waals surface area contributed by atoms with Crippen molar-refractivity contribution in [3.63, 3.8) is 0 Å². The summed E-state index contributed by atoms with van der Waals surface area (Å²) in [6.45, 7) is 0. The van der Waals surface area contributed by atoms with Crippen LogP contribution in [0.5, 0.6) is 0 Å². The van der Waals surface area contributed by atoms with Gasteiger partial charge in [0.15, 0.2) is 5.65 Å². The quantitative estimate of drug-likeness (QED) is 0.499. The minimum Gasteiger partial charge on any atom is -0.345 e. The highest BCUT2D eigenvalue weighted by Gasteiger charge is 2.20. The maximum absolute atomic E-state index is 13.0. The Bertz CT molecular complexity index is 1370. The van der Waals surface area contributed by atoms with Crippen molar-refractivity contribution in [2.45, 2.75) is 0 Å². The van der Waals surface area contributed by atoms with Crippen LogP contribution in [-0.4, -0.2) is 14.6 Å². The zero-order chi connectivity index (χ0) is 19.8. The van der Waals surface area contributed by atoms with E-state index in [2.05, 4.69) is 22.1 Å². The van der Waals surface area contributed by atoms with Gasteiger partial charge in [0, 0.05) is 22.3 Å². The van der Waals surface area contributed by atoms with Crippen molar-refractivity contribution in [1.82, 2.24) is 14.6 Å². The molecule has 28 heavy (non-hydrogen) atoms. The molecule has 2 heterocycles. The lowest BCUT2D eigenvalue weighted by atomic mass is 10.1. The van der Waals surface area contributed by atoms with E-state index in [1.807, 2.05) is 0 Å². The fraction of sp³-hybridized carbons (Fsp3) is 0. The summed E-state index contributed by atoms with van der Waals surface area (Å²) in [6.07, 6.45) is 6.93. The summed E-state index contributed by atoms with van der Waals surface area (Å²) in [5.41, 5.74) is 2.75. The Kier molecular flexibility index (Phi) is 4.41. The molecule has 0 spiro atoms. The molecule has 4 aromatic rings. The lowest BCUT2D eigenvalue weighted by Gasteiger charge is -2.02. The summed E-state index contributed by atoms with van der Waals surface area (Å²) in [5.74, 6) is 2.53. The second-order valence-electron chi connectivity index (χ2n) is 5.95. The number of terminal acetylenes is 1. The van der Waals surface area contributed by atoms with Crippen LogP contribution in [-0.2, 0) is 0 Å². The predicted octanol–water partition coefficient (Wildman–Crippen LogP) is 4.52. The van der Waals surface area contributed by atoms with E-state index in [-0.39, 0.29) is 16.8 Å². The number of nitrogens with one attached hydrogen (secondary N) is 1. The van der Waals surface area contributed by atoms with Crippen LogP contribution >= 0.6 is 23.2 Å². The second kappa shape index (κ2) is 6.90. The number of rotatable bonds is 2. The third-order valence-corrected chi connectivity index (χ3v) is 4.87. The van der Waals surface area contributed by atoms with Crippen molar-refractivity contribution in [2.24, 2.45) is 0 Å². The van der Waals surface area contributed by atoms with Crippen molar-refractivity contribution in [1.29, 1.82) is 5.26 Å². The molecule has 7 heteroatoms. The van der Waals surface area contributed by atoms with Crippen LogP contribution in [0.2, 0.25) is 10.0 Å². The van der Waals surface area contributed by atoms with Crippen LogP contribution in [0.1, 0.15) is 11.1 Å². The van der Waals surface area contributed by atoms with Crippen LogP contribution in [0, 0.1) is 23.7 Å². The van der Waals surface area contributed by atoms with Gasteiger partial charge in [0.25, 0.3) is 5.56 Å². The summed E-state index contributed by atoms with van der Waals surface area (Å²) in [4.78, 5) is 16.0. The van der Waals surface area contributed by atoms with E-state index < -0.39 is 0 Å². The van der Waals surface area contributed by atoms with Crippen molar-refractivity contribution in [3.8, 4) is 40.8 Å². The number of halogens is 2. The summed E-state index contributed by atoms with van der Waals surface area (Å²) < 4.78 is 1.17. The lowest BCUT2D eigenvalue weighted by molar-refractivity contribution is 0.905. The van der Waals surface area contributed by atoms with Gasteiger partial charge < -0.3 is 4.98 Å². The SMILES string of the molecule is C#Cc1ccc(-c2c[nH]c3c(C#N)c(-c4ccc(Cl)cc4Cl)nn3c2=O)cc1. The van der Waals surface area contributed by atoms with Crippen LogP contribution in [0.3, 0.4) is 0 Å². The first-order valence-corrected chi connectivity index (χ1v) is 8.86. The second-order valence-corrected chi connectivity index (χ2v) is 6.79. The van der Waals surface area contributed by atoms with Gasteiger partial charge >= 0.3 is 0 Å². The van der Waals surface area contributed by atoms with Gasteiger partial charge in [0.1, 0.15) is 17.3 Å². The first-order chi connectivity index (χ1) is 13.5. The third-order valence-electron chi connectivity index (χ3n) is 4.32. The molecule has 4 rings (SSSR count). The molecule has 5 nitrogen and oxygen atoms in total. The maximum Gasteiger partial charge on any atom is 0.282 e. The summed E-state index contributed by atoms with van der Waals surface area (Å²) in [5, 5.41) is 14.8. The monoisotopic (exact) mass is 404 g/mol. The van der Waals surface area contributed by atoms with Crippen LogP contribution in [0.4, 0.5) is 0 Å². The Morgan fingerprint density at radius 1 is 1.11 bits per heavy atom. The number of nitrogens with zero attached hydrogens (tertiary/aromatic N) is 3. The smallest absolute Gasteiger partial charge is 0.282 e. The molecule has 0 saturated heterocycles. The zero-order valence-corrected chi connectivity index (χ0v) is 15.7. The van der Waals surface area contributed by atoms with E-state index in [0.717, 1.165) is 0 Å². The van der Waals surface area contributed by atoms with Gasteiger partial charge in [-0.2, -0.15) is 14.9 Å². The molecular weight excluding hydrogens is 395 g/mol. The Hall–Kier alpha value is -3.51.